The minimum atomic E-state index is -0.224. The van der Waals surface area contributed by atoms with Crippen molar-refractivity contribution in [2.45, 2.75) is 12.6 Å². The molecule has 0 aliphatic heterocycles. The van der Waals surface area contributed by atoms with Crippen LogP contribution in [0.15, 0.2) is 35.0 Å². The predicted molar refractivity (Wildman–Crippen MR) is 68.4 cm³/mol. The Balaban J connectivity index is 2.04. The van der Waals surface area contributed by atoms with E-state index >= 15 is 0 Å². The summed E-state index contributed by atoms with van der Waals surface area (Å²) >= 11 is 0. The number of aliphatic hydroxyl groups is 1. The first kappa shape index (κ1) is 13.2. The first-order chi connectivity index (χ1) is 9.22. The summed E-state index contributed by atoms with van der Waals surface area (Å²) in [4.78, 5) is 0. The van der Waals surface area contributed by atoms with Gasteiger partial charge in [-0.15, -0.1) is 0 Å². The van der Waals surface area contributed by atoms with E-state index in [1.807, 2.05) is 30.3 Å². The average Bonchev–Trinajstić information content (AvgIpc) is 2.89. The fourth-order valence-corrected chi connectivity index (χ4v) is 1.72. The molecule has 0 amide bonds. The van der Waals surface area contributed by atoms with Crippen molar-refractivity contribution >= 4 is 5.84 Å². The van der Waals surface area contributed by atoms with Crippen molar-refractivity contribution in [2.75, 3.05) is 6.61 Å². The molecule has 100 valence electrons. The molecule has 0 saturated heterocycles. The number of benzene rings is 1. The van der Waals surface area contributed by atoms with Crippen molar-refractivity contribution < 1.29 is 9.74 Å². The van der Waals surface area contributed by atoms with Gasteiger partial charge in [0.1, 0.15) is 11.5 Å². The molecule has 0 aliphatic carbocycles. The SMILES string of the molecule is N=C(N)c1nonc1CN[C@@H](CO)c1ccccc1. The maximum Gasteiger partial charge on any atom is 0.173 e. The Hall–Kier alpha value is -2.25. The van der Waals surface area contributed by atoms with E-state index in [1.165, 1.54) is 0 Å². The average molecular weight is 261 g/mol. The second kappa shape index (κ2) is 6.07. The molecule has 0 saturated carbocycles. The number of amidine groups is 1. The number of hydrogen-bond acceptors (Lipinski definition) is 6. The summed E-state index contributed by atoms with van der Waals surface area (Å²) in [5.41, 5.74) is 6.98. The summed E-state index contributed by atoms with van der Waals surface area (Å²) in [7, 11) is 0. The molecule has 2 aromatic rings. The monoisotopic (exact) mass is 261 g/mol. The smallest absolute Gasteiger partial charge is 0.173 e. The highest BCUT2D eigenvalue weighted by Crippen LogP contribution is 2.12. The summed E-state index contributed by atoms with van der Waals surface area (Å²) < 4.78 is 4.56. The molecule has 1 heterocycles. The highest BCUT2D eigenvalue weighted by atomic mass is 16.6. The Kier molecular flexibility index (Phi) is 4.22. The number of aromatic nitrogens is 2. The van der Waals surface area contributed by atoms with Gasteiger partial charge in [-0.05, 0) is 10.7 Å². The molecule has 0 radical (unpaired) electrons. The van der Waals surface area contributed by atoms with Gasteiger partial charge in [-0.25, -0.2) is 4.63 Å². The minimum absolute atomic E-state index is 0.0509. The fraction of sp³-hybridized carbons (Fsp3) is 0.250. The predicted octanol–water partition coefficient (Wildman–Crippen LogP) is 0.177. The third-order valence-electron chi connectivity index (χ3n) is 2.71. The molecular weight excluding hydrogens is 246 g/mol. The van der Waals surface area contributed by atoms with Gasteiger partial charge < -0.3 is 16.2 Å². The summed E-state index contributed by atoms with van der Waals surface area (Å²) in [6.07, 6.45) is 0. The zero-order valence-electron chi connectivity index (χ0n) is 10.2. The standard InChI is InChI=1S/C12H15N5O2/c13-12(14)11-9(16-19-17-11)6-15-10(7-18)8-4-2-1-3-5-8/h1-5,10,15,18H,6-7H2,(H3,13,14)/t10-/m0/s1. The van der Waals surface area contributed by atoms with Crippen molar-refractivity contribution in [3.63, 3.8) is 0 Å². The van der Waals surface area contributed by atoms with Crippen molar-refractivity contribution in [1.82, 2.24) is 15.6 Å². The lowest BCUT2D eigenvalue weighted by Crippen LogP contribution is -2.25. The van der Waals surface area contributed by atoms with Crippen LogP contribution in [0.2, 0.25) is 0 Å². The van der Waals surface area contributed by atoms with Gasteiger partial charge in [0.2, 0.25) is 0 Å². The first-order valence-electron chi connectivity index (χ1n) is 5.77. The molecule has 5 N–H and O–H groups in total. The molecule has 0 unspecified atom stereocenters. The lowest BCUT2D eigenvalue weighted by Gasteiger charge is -2.15. The van der Waals surface area contributed by atoms with Crippen LogP contribution >= 0.6 is 0 Å². The van der Waals surface area contributed by atoms with Gasteiger partial charge in [-0.1, -0.05) is 35.5 Å². The Morgan fingerprint density at radius 1 is 1.37 bits per heavy atom. The van der Waals surface area contributed by atoms with Crippen LogP contribution in [-0.2, 0) is 6.54 Å². The van der Waals surface area contributed by atoms with E-state index in [2.05, 4.69) is 20.3 Å². The van der Waals surface area contributed by atoms with Crippen molar-refractivity contribution in [1.29, 1.82) is 5.41 Å². The largest absolute Gasteiger partial charge is 0.394 e. The lowest BCUT2D eigenvalue weighted by atomic mass is 10.1. The molecular formula is C12H15N5O2. The van der Waals surface area contributed by atoms with Crippen LogP contribution in [0.1, 0.15) is 23.0 Å². The van der Waals surface area contributed by atoms with Crippen molar-refractivity contribution in [2.24, 2.45) is 5.73 Å². The number of nitrogens with one attached hydrogen (secondary N) is 2. The zero-order valence-corrected chi connectivity index (χ0v) is 10.2. The topological polar surface area (TPSA) is 121 Å². The normalized spacial score (nSPS) is 12.3. The van der Waals surface area contributed by atoms with Crippen LogP contribution in [0.4, 0.5) is 0 Å². The van der Waals surface area contributed by atoms with E-state index in [0.29, 0.717) is 12.2 Å². The van der Waals surface area contributed by atoms with Gasteiger partial charge in [0.15, 0.2) is 5.69 Å². The number of nitrogens with two attached hydrogens (primary N) is 1. The van der Waals surface area contributed by atoms with E-state index < -0.39 is 0 Å². The number of rotatable bonds is 6. The van der Waals surface area contributed by atoms with Crippen molar-refractivity contribution in [3.8, 4) is 0 Å². The van der Waals surface area contributed by atoms with E-state index in [9.17, 15) is 5.11 Å². The van der Waals surface area contributed by atoms with Crippen LogP contribution in [0.5, 0.6) is 0 Å². The molecule has 0 bridgehead atoms. The summed E-state index contributed by atoms with van der Waals surface area (Å²) in [5.74, 6) is -0.196. The molecule has 7 heteroatoms. The van der Waals surface area contributed by atoms with Crippen LogP contribution in [0.3, 0.4) is 0 Å². The van der Waals surface area contributed by atoms with Gasteiger partial charge in [0.25, 0.3) is 0 Å². The van der Waals surface area contributed by atoms with Gasteiger partial charge in [0, 0.05) is 6.54 Å². The number of aliphatic hydroxyl groups excluding tert-OH is 1. The quantitative estimate of drug-likeness (QED) is 0.434. The summed E-state index contributed by atoms with van der Waals surface area (Å²) in [6, 6.07) is 9.32. The van der Waals surface area contributed by atoms with Crippen LogP contribution in [0.25, 0.3) is 0 Å². The summed E-state index contributed by atoms with van der Waals surface area (Å²) in [5, 5.41) is 27.1. The maximum absolute atomic E-state index is 9.40. The van der Waals surface area contributed by atoms with Gasteiger partial charge in [0.05, 0.1) is 12.6 Å². The van der Waals surface area contributed by atoms with Gasteiger partial charge in [-0.3, -0.25) is 5.41 Å². The number of nitrogens with zero attached hydrogens (tertiary/aromatic N) is 2. The maximum atomic E-state index is 9.40. The molecule has 19 heavy (non-hydrogen) atoms. The summed E-state index contributed by atoms with van der Waals surface area (Å²) in [6.45, 7) is 0.253. The highest BCUT2D eigenvalue weighted by molar-refractivity contribution is 5.93. The van der Waals surface area contributed by atoms with E-state index in [-0.39, 0.29) is 24.2 Å². The highest BCUT2D eigenvalue weighted by Gasteiger charge is 2.15. The molecule has 1 aromatic heterocycles. The van der Waals surface area contributed by atoms with Crippen LogP contribution in [0, 0.1) is 5.41 Å². The Morgan fingerprint density at radius 3 is 2.74 bits per heavy atom. The van der Waals surface area contributed by atoms with Gasteiger partial charge >= 0.3 is 0 Å². The zero-order chi connectivity index (χ0) is 13.7. The van der Waals surface area contributed by atoms with E-state index in [4.69, 9.17) is 11.1 Å². The Bertz CT molecular complexity index is 540. The third-order valence-corrected chi connectivity index (χ3v) is 2.71. The first-order valence-corrected chi connectivity index (χ1v) is 5.77. The van der Waals surface area contributed by atoms with E-state index in [0.717, 1.165) is 5.56 Å². The molecule has 7 nitrogen and oxygen atoms in total. The molecule has 2 rings (SSSR count). The van der Waals surface area contributed by atoms with E-state index in [1.54, 1.807) is 0 Å². The minimum Gasteiger partial charge on any atom is -0.394 e. The second-order valence-electron chi connectivity index (χ2n) is 4.00. The molecule has 1 atom stereocenters. The molecule has 0 fully saturated rings. The van der Waals surface area contributed by atoms with Gasteiger partial charge in [-0.2, -0.15) is 0 Å². The Morgan fingerprint density at radius 2 is 2.11 bits per heavy atom. The third kappa shape index (κ3) is 3.15. The Labute approximate surface area is 109 Å². The van der Waals surface area contributed by atoms with Crippen LogP contribution in [-0.4, -0.2) is 27.9 Å². The number of hydrogen-bond donors (Lipinski definition) is 4. The second-order valence-corrected chi connectivity index (χ2v) is 4.00. The van der Waals surface area contributed by atoms with Crippen molar-refractivity contribution in [3.05, 3.63) is 47.3 Å². The fourth-order valence-electron chi connectivity index (χ4n) is 1.72. The molecule has 0 aliphatic rings. The lowest BCUT2D eigenvalue weighted by molar-refractivity contribution is 0.242. The molecule has 1 aromatic carbocycles. The van der Waals surface area contributed by atoms with Crippen LogP contribution < -0.4 is 11.1 Å². The number of nitrogen functional groups attached to an aromatic ring is 1. The molecule has 0 spiro atoms.